The van der Waals surface area contributed by atoms with Gasteiger partial charge < -0.3 is 15.0 Å². The van der Waals surface area contributed by atoms with E-state index < -0.39 is 0 Å². The molecule has 0 saturated carbocycles. The summed E-state index contributed by atoms with van der Waals surface area (Å²) in [4.78, 5) is 25.6. The smallest absolute Gasteiger partial charge is 0.227 e. The molecule has 1 aromatic carbocycles. The topological polar surface area (TPSA) is 58.6 Å². The van der Waals surface area contributed by atoms with E-state index in [1.807, 2.05) is 29.2 Å². The lowest BCUT2D eigenvalue weighted by molar-refractivity contribution is -0.131. The van der Waals surface area contributed by atoms with Crippen LogP contribution < -0.4 is 10.1 Å². The van der Waals surface area contributed by atoms with Crippen molar-refractivity contribution >= 4 is 11.8 Å². The lowest BCUT2D eigenvalue weighted by Crippen LogP contribution is -2.39. The van der Waals surface area contributed by atoms with Gasteiger partial charge in [0.05, 0.1) is 25.6 Å². The number of rotatable bonds is 3. The first kappa shape index (κ1) is 13.0. The molecule has 2 heterocycles. The van der Waals surface area contributed by atoms with Gasteiger partial charge in [-0.2, -0.15) is 0 Å². The van der Waals surface area contributed by atoms with Gasteiger partial charge in [-0.3, -0.25) is 9.59 Å². The van der Waals surface area contributed by atoms with Crippen LogP contribution in [0.4, 0.5) is 0 Å². The molecule has 3 rings (SSSR count). The molecule has 0 aliphatic carbocycles. The quantitative estimate of drug-likeness (QED) is 0.884. The van der Waals surface area contributed by atoms with Crippen molar-refractivity contribution in [2.24, 2.45) is 0 Å². The third kappa shape index (κ3) is 2.35. The Kier molecular flexibility index (Phi) is 3.34. The first-order chi connectivity index (χ1) is 9.67. The van der Waals surface area contributed by atoms with E-state index in [0.717, 1.165) is 24.3 Å². The number of hydrogen-bond acceptors (Lipinski definition) is 3. The van der Waals surface area contributed by atoms with Crippen LogP contribution in [0.2, 0.25) is 0 Å². The molecular formula is C15H18N2O3. The Labute approximate surface area is 117 Å². The molecule has 2 unspecified atom stereocenters. The molecule has 2 saturated heterocycles. The highest BCUT2D eigenvalue weighted by Crippen LogP contribution is 2.26. The van der Waals surface area contributed by atoms with Crippen LogP contribution >= 0.6 is 0 Å². The molecule has 2 atom stereocenters. The van der Waals surface area contributed by atoms with Crippen LogP contribution in [0.25, 0.3) is 0 Å². The molecule has 5 nitrogen and oxygen atoms in total. The van der Waals surface area contributed by atoms with Gasteiger partial charge in [0, 0.05) is 13.0 Å². The van der Waals surface area contributed by atoms with E-state index in [1.54, 1.807) is 7.11 Å². The Bertz CT molecular complexity index is 526. The van der Waals surface area contributed by atoms with Crippen molar-refractivity contribution in [1.82, 2.24) is 10.2 Å². The fraction of sp³-hybridized carbons (Fsp3) is 0.467. The van der Waals surface area contributed by atoms with Crippen molar-refractivity contribution in [1.29, 1.82) is 0 Å². The number of likely N-dealkylation sites (tertiary alicyclic amines) is 1. The summed E-state index contributed by atoms with van der Waals surface area (Å²) < 4.78 is 5.10. The van der Waals surface area contributed by atoms with Gasteiger partial charge in [0.2, 0.25) is 11.8 Å². The summed E-state index contributed by atoms with van der Waals surface area (Å²) in [5.74, 6) is 0.939. The van der Waals surface area contributed by atoms with E-state index in [-0.39, 0.29) is 23.9 Å². The molecule has 1 aromatic rings. The van der Waals surface area contributed by atoms with Gasteiger partial charge in [0.1, 0.15) is 5.75 Å². The zero-order valence-electron chi connectivity index (χ0n) is 11.5. The average molecular weight is 274 g/mol. The number of methoxy groups -OCH3 is 1. The van der Waals surface area contributed by atoms with Gasteiger partial charge in [-0.1, -0.05) is 12.1 Å². The van der Waals surface area contributed by atoms with Gasteiger partial charge in [0.15, 0.2) is 0 Å². The molecule has 0 bridgehead atoms. The standard InChI is InChI=1S/C15H18N2O3/c1-20-11-4-2-10(3-5-11)8-15(19)17-7-6-12-13(17)9-14(18)16-12/h2-5,12-13H,6-9H2,1H3,(H,16,18). The molecule has 1 N–H and O–H groups in total. The minimum Gasteiger partial charge on any atom is -0.497 e. The van der Waals surface area contributed by atoms with Crippen molar-refractivity contribution in [3.63, 3.8) is 0 Å². The number of nitrogens with one attached hydrogen (secondary N) is 1. The zero-order chi connectivity index (χ0) is 14.1. The maximum atomic E-state index is 12.4. The number of carbonyl (C=O) groups excluding carboxylic acids is 2. The number of benzene rings is 1. The Balaban J connectivity index is 1.65. The SMILES string of the molecule is COc1ccc(CC(=O)N2CCC3NC(=O)CC32)cc1. The van der Waals surface area contributed by atoms with Crippen molar-refractivity contribution < 1.29 is 14.3 Å². The van der Waals surface area contributed by atoms with Crippen molar-refractivity contribution in [3.8, 4) is 5.75 Å². The molecule has 2 fully saturated rings. The summed E-state index contributed by atoms with van der Waals surface area (Å²) in [5.41, 5.74) is 0.969. The molecule has 5 heteroatoms. The highest BCUT2D eigenvalue weighted by Gasteiger charge is 2.43. The van der Waals surface area contributed by atoms with Gasteiger partial charge in [-0.05, 0) is 24.1 Å². The first-order valence-electron chi connectivity index (χ1n) is 6.89. The number of fused-ring (bicyclic) bond motifs is 1. The fourth-order valence-electron chi connectivity index (χ4n) is 3.06. The average Bonchev–Trinajstić information content (AvgIpc) is 2.98. The molecule has 2 amide bonds. The van der Waals surface area contributed by atoms with Crippen LogP contribution in [0.15, 0.2) is 24.3 Å². The summed E-state index contributed by atoms with van der Waals surface area (Å²) >= 11 is 0. The normalized spacial score (nSPS) is 24.4. The largest absolute Gasteiger partial charge is 0.497 e. The molecule has 0 spiro atoms. The lowest BCUT2D eigenvalue weighted by Gasteiger charge is -2.22. The van der Waals surface area contributed by atoms with E-state index in [2.05, 4.69) is 5.32 Å². The number of nitrogens with zero attached hydrogens (tertiary/aromatic N) is 1. The first-order valence-corrected chi connectivity index (χ1v) is 6.89. The lowest BCUT2D eigenvalue weighted by atomic mass is 10.1. The van der Waals surface area contributed by atoms with E-state index >= 15 is 0 Å². The Morgan fingerprint density at radius 3 is 2.85 bits per heavy atom. The van der Waals surface area contributed by atoms with Gasteiger partial charge >= 0.3 is 0 Å². The second-order valence-corrected chi connectivity index (χ2v) is 5.35. The second-order valence-electron chi connectivity index (χ2n) is 5.35. The highest BCUT2D eigenvalue weighted by molar-refractivity contribution is 5.84. The Hall–Kier alpha value is -2.04. The number of amides is 2. The van der Waals surface area contributed by atoms with Gasteiger partial charge in [-0.25, -0.2) is 0 Å². The molecular weight excluding hydrogens is 256 g/mol. The monoisotopic (exact) mass is 274 g/mol. The Morgan fingerprint density at radius 2 is 2.15 bits per heavy atom. The third-order valence-corrected chi connectivity index (χ3v) is 4.12. The van der Waals surface area contributed by atoms with Crippen LogP contribution in [0, 0.1) is 0 Å². The molecule has 0 radical (unpaired) electrons. The fourth-order valence-corrected chi connectivity index (χ4v) is 3.06. The zero-order valence-corrected chi connectivity index (χ0v) is 11.5. The second kappa shape index (κ2) is 5.15. The van der Waals surface area contributed by atoms with Crippen LogP contribution in [0.3, 0.4) is 0 Å². The molecule has 2 aliphatic rings. The van der Waals surface area contributed by atoms with Gasteiger partial charge in [0.25, 0.3) is 0 Å². The van der Waals surface area contributed by atoms with E-state index in [1.165, 1.54) is 0 Å². The van der Waals surface area contributed by atoms with Crippen molar-refractivity contribution in [2.75, 3.05) is 13.7 Å². The predicted molar refractivity (Wildman–Crippen MR) is 73.4 cm³/mol. The van der Waals surface area contributed by atoms with Crippen molar-refractivity contribution in [2.45, 2.75) is 31.3 Å². The summed E-state index contributed by atoms with van der Waals surface area (Å²) in [6, 6.07) is 7.73. The minimum atomic E-state index is 0.0493. The summed E-state index contributed by atoms with van der Waals surface area (Å²) in [7, 11) is 1.62. The van der Waals surface area contributed by atoms with E-state index in [0.29, 0.717) is 12.8 Å². The molecule has 20 heavy (non-hydrogen) atoms. The number of hydrogen-bond donors (Lipinski definition) is 1. The maximum absolute atomic E-state index is 12.4. The van der Waals surface area contributed by atoms with E-state index in [9.17, 15) is 9.59 Å². The highest BCUT2D eigenvalue weighted by atomic mass is 16.5. The summed E-state index contributed by atoms with van der Waals surface area (Å²) in [6.07, 6.45) is 1.69. The number of ether oxygens (including phenoxy) is 1. The minimum absolute atomic E-state index is 0.0493. The van der Waals surface area contributed by atoms with Crippen molar-refractivity contribution in [3.05, 3.63) is 29.8 Å². The third-order valence-electron chi connectivity index (χ3n) is 4.12. The molecule has 2 aliphatic heterocycles. The van der Waals surface area contributed by atoms with Crippen LogP contribution in [0.5, 0.6) is 5.75 Å². The van der Waals surface area contributed by atoms with E-state index in [4.69, 9.17) is 4.74 Å². The van der Waals surface area contributed by atoms with Crippen LogP contribution in [0.1, 0.15) is 18.4 Å². The predicted octanol–water partition coefficient (Wildman–Crippen LogP) is 0.727. The van der Waals surface area contributed by atoms with Crippen LogP contribution in [-0.4, -0.2) is 42.5 Å². The number of carbonyl (C=O) groups is 2. The molecule has 106 valence electrons. The maximum Gasteiger partial charge on any atom is 0.227 e. The van der Waals surface area contributed by atoms with Gasteiger partial charge in [-0.15, -0.1) is 0 Å². The summed E-state index contributed by atoms with van der Waals surface area (Å²) in [5, 5.41) is 2.93. The Morgan fingerprint density at radius 1 is 1.40 bits per heavy atom. The summed E-state index contributed by atoms with van der Waals surface area (Å²) in [6.45, 7) is 0.741. The molecule has 0 aromatic heterocycles. The van der Waals surface area contributed by atoms with Crippen LogP contribution in [-0.2, 0) is 16.0 Å².